The summed E-state index contributed by atoms with van der Waals surface area (Å²) in [5.41, 5.74) is 5.38. The van der Waals surface area contributed by atoms with Gasteiger partial charge < -0.3 is 0 Å². The van der Waals surface area contributed by atoms with Crippen molar-refractivity contribution in [1.82, 2.24) is 5.48 Å². The number of amides is 1. The van der Waals surface area contributed by atoms with E-state index < -0.39 is 0 Å². The standard InChI is InChI=1S/C12H17NO2/c1-9-6-10(2)8-11(7-9)4-3-5-12(14)13-15/h6-8,15H,3-5H2,1-2H3,(H,13,14). The molecular formula is C12H17NO2. The van der Waals surface area contributed by atoms with Crippen molar-refractivity contribution in [1.29, 1.82) is 0 Å². The summed E-state index contributed by atoms with van der Waals surface area (Å²) in [7, 11) is 0. The van der Waals surface area contributed by atoms with Crippen molar-refractivity contribution >= 4 is 5.91 Å². The fraction of sp³-hybridized carbons (Fsp3) is 0.417. The van der Waals surface area contributed by atoms with Gasteiger partial charge in [-0.15, -0.1) is 0 Å². The fourth-order valence-electron chi connectivity index (χ4n) is 1.72. The lowest BCUT2D eigenvalue weighted by Crippen LogP contribution is -2.18. The second kappa shape index (κ2) is 5.51. The molecule has 1 rings (SSSR count). The minimum atomic E-state index is -0.320. The van der Waals surface area contributed by atoms with Gasteiger partial charge in [0.05, 0.1) is 0 Å². The molecule has 2 N–H and O–H groups in total. The third-order valence-electron chi connectivity index (χ3n) is 2.28. The summed E-state index contributed by atoms with van der Waals surface area (Å²) in [6, 6.07) is 6.39. The summed E-state index contributed by atoms with van der Waals surface area (Å²) in [5.74, 6) is -0.320. The van der Waals surface area contributed by atoms with E-state index in [0.717, 1.165) is 12.8 Å². The van der Waals surface area contributed by atoms with Crippen molar-refractivity contribution < 1.29 is 10.0 Å². The van der Waals surface area contributed by atoms with Crippen LogP contribution in [0.4, 0.5) is 0 Å². The number of hydrogen-bond donors (Lipinski definition) is 2. The molecule has 82 valence electrons. The summed E-state index contributed by atoms with van der Waals surface area (Å²) in [6.07, 6.45) is 1.99. The van der Waals surface area contributed by atoms with Crippen molar-refractivity contribution in [3.63, 3.8) is 0 Å². The van der Waals surface area contributed by atoms with Crippen LogP contribution in [0.3, 0.4) is 0 Å². The van der Waals surface area contributed by atoms with Gasteiger partial charge in [-0.3, -0.25) is 10.0 Å². The number of hydroxylamine groups is 1. The maximum absolute atomic E-state index is 10.8. The Morgan fingerprint density at radius 1 is 1.27 bits per heavy atom. The zero-order valence-electron chi connectivity index (χ0n) is 9.21. The maximum atomic E-state index is 10.8. The smallest absolute Gasteiger partial charge is 0.243 e. The normalized spacial score (nSPS) is 10.1. The Morgan fingerprint density at radius 2 is 1.87 bits per heavy atom. The van der Waals surface area contributed by atoms with Crippen LogP contribution in [0.1, 0.15) is 29.5 Å². The number of carbonyl (C=O) groups is 1. The molecule has 3 nitrogen and oxygen atoms in total. The van der Waals surface area contributed by atoms with Crippen LogP contribution in [0.15, 0.2) is 18.2 Å². The van der Waals surface area contributed by atoms with Crippen molar-refractivity contribution in [2.45, 2.75) is 33.1 Å². The maximum Gasteiger partial charge on any atom is 0.243 e. The molecule has 0 heterocycles. The fourth-order valence-corrected chi connectivity index (χ4v) is 1.72. The van der Waals surface area contributed by atoms with Crippen LogP contribution in [-0.2, 0) is 11.2 Å². The Hall–Kier alpha value is -1.35. The SMILES string of the molecule is Cc1cc(C)cc(CCCC(=O)NO)c1. The van der Waals surface area contributed by atoms with E-state index in [2.05, 4.69) is 32.0 Å². The highest BCUT2D eigenvalue weighted by Gasteiger charge is 2.00. The predicted molar refractivity (Wildman–Crippen MR) is 58.8 cm³/mol. The van der Waals surface area contributed by atoms with E-state index in [-0.39, 0.29) is 5.91 Å². The first-order chi connectivity index (χ1) is 7.11. The number of hydrogen-bond acceptors (Lipinski definition) is 2. The van der Waals surface area contributed by atoms with Crippen molar-refractivity contribution in [3.8, 4) is 0 Å². The van der Waals surface area contributed by atoms with Gasteiger partial charge in [-0.1, -0.05) is 29.3 Å². The van der Waals surface area contributed by atoms with E-state index in [1.165, 1.54) is 16.7 Å². The lowest BCUT2D eigenvalue weighted by molar-refractivity contribution is -0.129. The summed E-state index contributed by atoms with van der Waals surface area (Å²) in [5, 5.41) is 8.32. The van der Waals surface area contributed by atoms with Crippen LogP contribution in [0, 0.1) is 13.8 Å². The van der Waals surface area contributed by atoms with Gasteiger partial charge in [0.1, 0.15) is 0 Å². The minimum absolute atomic E-state index is 0.320. The number of benzene rings is 1. The van der Waals surface area contributed by atoms with Gasteiger partial charge in [-0.2, -0.15) is 0 Å². The Balaban J connectivity index is 2.47. The third-order valence-corrected chi connectivity index (χ3v) is 2.28. The Labute approximate surface area is 90.1 Å². The average molecular weight is 207 g/mol. The average Bonchev–Trinajstić information content (AvgIpc) is 2.16. The topological polar surface area (TPSA) is 49.3 Å². The molecule has 0 atom stereocenters. The van der Waals surface area contributed by atoms with Gasteiger partial charge >= 0.3 is 0 Å². The molecule has 0 fully saturated rings. The highest BCUT2D eigenvalue weighted by atomic mass is 16.5. The van der Waals surface area contributed by atoms with Gasteiger partial charge in [-0.25, -0.2) is 5.48 Å². The molecule has 0 unspecified atom stereocenters. The first-order valence-corrected chi connectivity index (χ1v) is 5.12. The first kappa shape index (κ1) is 11.7. The van der Waals surface area contributed by atoms with Crippen LogP contribution in [0.25, 0.3) is 0 Å². The number of rotatable bonds is 4. The van der Waals surface area contributed by atoms with E-state index in [4.69, 9.17) is 5.21 Å². The molecule has 0 bridgehead atoms. The second-order valence-electron chi connectivity index (χ2n) is 3.88. The quantitative estimate of drug-likeness (QED) is 0.587. The lowest BCUT2D eigenvalue weighted by Gasteiger charge is -2.04. The van der Waals surface area contributed by atoms with Gasteiger partial charge in [0, 0.05) is 6.42 Å². The zero-order chi connectivity index (χ0) is 11.3. The minimum Gasteiger partial charge on any atom is -0.289 e. The second-order valence-corrected chi connectivity index (χ2v) is 3.88. The zero-order valence-corrected chi connectivity index (χ0v) is 9.21. The van der Waals surface area contributed by atoms with Crippen molar-refractivity contribution in [2.24, 2.45) is 0 Å². The molecule has 15 heavy (non-hydrogen) atoms. The molecule has 3 heteroatoms. The van der Waals surface area contributed by atoms with E-state index >= 15 is 0 Å². The third kappa shape index (κ3) is 4.13. The molecule has 1 amide bonds. The highest BCUT2D eigenvalue weighted by molar-refractivity contribution is 5.74. The molecule has 0 spiro atoms. The molecule has 0 aliphatic carbocycles. The predicted octanol–water partition coefficient (Wildman–Crippen LogP) is 2.13. The van der Waals surface area contributed by atoms with Crippen LogP contribution >= 0.6 is 0 Å². The molecule has 0 saturated heterocycles. The van der Waals surface area contributed by atoms with Crippen LogP contribution in [0.2, 0.25) is 0 Å². The number of carbonyl (C=O) groups excluding carboxylic acids is 1. The van der Waals surface area contributed by atoms with E-state index in [9.17, 15) is 4.79 Å². The van der Waals surface area contributed by atoms with Gasteiger partial charge in [0.25, 0.3) is 0 Å². The molecule has 1 aromatic rings. The molecule has 0 aromatic heterocycles. The van der Waals surface area contributed by atoms with Gasteiger partial charge in [-0.05, 0) is 32.3 Å². The molecular weight excluding hydrogens is 190 g/mol. The molecule has 0 aliphatic rings. The Kier molecular flexibility index (Phi) is 4.31. The Bertz CT molecular complexity index is 327. The monoisotopic (exact) mass is 207 g/mol. The largest absolute Gasteiger partial charge is 0.289 e. The molecule has 0 radical (unpaired) electrons. The number of nitrogens with one attached hydrogen (secondary N) is 1. The van der Waals surface area contributed by atoms with E-state index in [0.29, 0.717) is 6.42 Å². The summed E-state index contributed by atoms with van der Waals surface area (Å²) >= 11 is 0. The van der Waals surface area contributed by atoms with Crippen LogP contribution in [0.5, 0.6) is 0 Å². The number of aryl methyl sites for hydroxylation is 3. The summed E-state index contributed by atoms with van der Waals surface area (Å²) in [6.45, 7) is 4.13. The van der Waals surface area contributed by atoms with Crippen molar-refractivity contribution in [2.75, 3.05) is 0 Å². The lowest BCUT2D eigenvalue weighted by atomic mass is 10.0. The highest BCUT2D eigenvalue weighted by Crippen LogP contribution is 2.11. The van der Waals surface area contributed by atoms with Gasteiger partial charge in [0.15, 0.2) is 0 Å². The van der Waals surface area contributed by atoms with Gasteiger partial charge in [0.2, 0.25) is 5.91 Å². The summed E-state index contributed by atoms with van der Waals surface area (Å²) < 4.78 is 0. The molecule has 1 aromatic carbocycles. The first-order valence-electron chi connectivity index (χ1n) is 5.12. The van der Waals surface area contributed by atoms with Crippen LogP contribution in [-0.4, -0.2) is 11.1 Å². The van der Waals surface area contributed by atoms with Crippen molar-refractivity contribution in [3.05, 3.63) is 34.9 Å². The van der Waals surface area contributed by atoms with E-state index in [1.54, 1.807) is 5.48 Å². The van der Waals surface area contributed by atoms with E-state index in [1.807, 2.05) is 0 Å². The molecule has 0 aliphatic heterocycles. The summed E-state index contributed by atoms with van der Waals surface area (Å²) in [4.78, 5) is 10.8. The molecule has 0 saturated carbocycles. The van der Waals surface area contributed by atoms with Crippen LogP contribution < -0.4 is 5.48 Å². The Morgan fingerprint density at radius 3 is 2.40 bits per heavy atom.